The van der Waals surface area contributed by atoms with E-state index in [0.29, 0.717) is 5.00 Å². The molecule has 3 N–H and O–H groups in total. The molecule has 5 nitrogen and oxygen atoms in total. The first kappa shape index (κ1) is 12.0. The van der Waals surface area contributed by atoms with Crippen molar-refractivity contribution in [3.8, 4) is 0 Å². The number of rotatable bonds is 5. The fourth-order valence-electron chi connectivity index (χ4n) is 0.935. The van der Waals surface area contributed by atoms with Crippen LogP contribution in [0.15, 0.2) is 15.9 Å². The minimum atomic E-state index is -1.18. The third kappa shape index (κ3) is 3.88. The molecule has 1 aromatic rings. The largest absolute Gasteiger partial charge is 0.481 e. The second kappa shape index (κ2) is 5.13. The van der Waals surface area contributed by atoms with Gasteiger partial charge in [0.25, 0.3) is 0 Å². The molecule has 0 aromatic carbocycles. The zero-order chi connectivity index (χ0) is 11.4. The SMILES string of the molecule is O=C(O)CC(Nc1cc(Br)cs1)C(=O)O. The molecule has 0 saturated heterocycles. The van der Waals surface area contributed by atoms with Gasteiger partial charge in [0.15, 0.2) is 0 Å². The minimum absolute atomic E-state index is 0.454. The summed E-state index contributed by atoms with van der Waals surface area (Å²) in [7, 11) is 0. The summed E-state index contributed by atoms with van der Waals surface area (Å²) in [4.78, 5) is 21.1. The number of carboxylic acids is 2. The molecule has 1 aromatic heterocycles. The number of halogens is 1. The smallest absolute Gasteiger partial charge is 0.326 e. The lowest BCUT2D eigenvalue weighted by molar-refractivity contribution is -0.144. The van der Waals surface area contributed by atoms with E-state index in [-0.39, 0.29) is 0 Å². The van der Waals surface area contributed by atoms with Gasteiger partial charge in [-0.25, -0.2) is 4.79 Å². The Bertz CT molecular complexity index is 378. The molecule has 0 saturated carbocycles. The Labute approximate surface area is 97.9 Å². The number of hydrogen-bond donors (Lipinski definition) is 3. The summed E-state index contributed by atoms with van der Waals surface area (Å²) < 4.78 is 0.828. The normalized spacial score (nSPS) is 12.1. The van der Waals surface area contributed by atoms with Crippen LogP contribution in [-0.4, -0.2) is 28.2 Å². The number of carbonyl (C=O) groups is 2. The van der Waals surface area contributed by atoms with Crippen molar-refractivity contribution in [2.45, 2.75) is 12.5 Å². The van der Waals surface area contributed by atoms with Gasteiger partial charge < -0.3 is 15.5 Å². The number of thiophene rings is 1. The number of nitrogens with one attached hydrogen (secondary N) is 1. The lowest BCUT2D eigenvalue weighted by Gasteiger charge is -2.11. The molecule has 0 radical (unpaired) electrons. The molecule has 82 valence electrons. The average molecular weight is 294 g/mol. The van der Waals surface area contributed by atoms with E-state index in [1.54, 1.807) is 11.4 Å². The topological polar surface area (TPSA) is 86.6 Å². The molecule has 7 heteroatoms. The zero-order valence-corrected chi connectivity index (χ0v) is 9.84. The fraction of sp³-hybridized carbons (Fsp3) is 0.250. The predicted molar refractivity (Wildman–Crippen MR) is 59.3 cm³/mol. The van der Waals surface area contributed by atoms with Gasteiger partial charge >= 0.3 is 11.9 Å². The van der Waals surface area contributed by atoms with Crippen molar-refractivity contribution in [2.24, 2.45) is 0 Å². The molecular weight excluding hydrogens is 286 g/mol. The molecular formula is C8H8BrNO4S. The summed E-state index contributed by atoms with van der Waals surface area (Å²) in [5, 5.41) is 22.3. The van der Waals surface area contributed by atoms with Crippen molar-refractivity contribution >= 4 is 44.2 Å². The molecule has 1 unspecified atom stereocenters. The van der Waals surface area contributed by atoms with Crippen LogP contribution in [0.1, 0.15) is 6.42 Å². The summed E-state index contributed by atoms with van der Waals surface area (Å²) in [5.74, 6) is -2.33. The second-order valence-electron chi connectivity index (χ2n) is 2.76. The van der Waals surface area contributed by atoms with E-state index < -0.39 is 24.4 Å². The predicted octanol–water partition coefficient (Wildman–Crippen LogP) is 1.85. The van der Waals surface area contributed by atoms with Gasteiger partial charge in [-0.15, -0.1) is 11.3 Å². The van der Waals surface area contributed by atoms with Crippen LogP contribution in [0.25, 0.3) is 0 Å². The first-order valence-electron chi connectivity index (χ1n) is 3.94. The fourth-order valence-corrected chi connectivity index (χ4v) is 2.31. The first-order chi connectivity index (χ1) is 6.99. The Morgan fingerprint density at radius 1 is 1.53 bits per heavy atom. The Morgan fingerprint density at radius 2 is 2.20 bits per heavy atom. The van der Waals surface area contributed by atoms with Gasteiger partial charge in [-0.05, 0) is 22.0 Å². The van der Waals surface area contributed by atoms with Crippen molar-refractivity contribution in [3.63, 3.8) is 0 Å². The van der Waals surface area contributed by atoms with Crippen LogP contribution in [0.5, 0.6) is 0 Å². The maximum absolute atomic E-state index is 10.7. The van der Waals surface area contributed by atoms with Crippen molar-refractivity contribution < 1.29 is 19.8 Å². The average Bonchev–Trinajstić information content (AvgIpc) is 2.49. The van der Waals surface area contributed by atoms with Gasteiger partial charge in [0.05, 0.1) is 11.4 Å². The molecule has 0 aliphatic rings. The highest BCUT2D eigenvalue weighted by Gasteiger charge is 2.21. The first-order valence-corrected chi connectivity index (χ1v) is 5.61. The maximum atomic E-state index is 10.7. The standard InChI is InChI=1S/C8H8BrNO4S/c9-4-1-6(15-3-4)10-5(8(13)14)2-7(11)12/h1,3,5,10H,2H2,(H,11,12)(H,13,14). The molecule has 0 amide bonds. The molecule has 1 rings (SSSR count). The Morgan fingerprint density at radius 3 is 2.60 bits per heavy atom. The number of carboxylic acid groups (broad SMARTS) is 2. The second-order valence-corrected chi connectivity index (χ2v) is 4.59. The molecule has 0 fully saturated rings. The highest BCUT2D eigenvalue weighted by Crippen LogP contribution is 2.25. The molecule has 15 heavy (non-hydrogen) atoms. The van der Waals surface area contributed by atoms with E-state index in [4.69, 9.17) is 10.2 Å². The lowest BCUT2D eigenvalue weighted by Crippen LogP contribution is -2.31. The Balaban J connectivity index is 2.66. The summed E-state index contributed by atoms with van der Waals surface area (Å²) in [6.07, 6.45) is -0.454. The molecule has 0 bridgehead atoms. The summed E-state index contributed by atoms with van der Waals surface area (Å²) in [6, 6.07) is 0.593. The maximum Gasteiger partial charge on any atom is 0.326 e. The van der Waals surface area contributed by atoms with Crippen molar-refractivity contribution in [1.82, 2.24) is 0 Å². The Hall–Kier alpha value is -1.08. The van der Waals surface area contributed by atoms with E-state index in [1.165, 1.54) is 11.3 Å². The highest BCUT2D eigenvalue weighted by atomic mass is 79.9. The Kier molecular flexibility index (Phi) is 4.10. The van der Waals surface area contributed by atoms with E-state index in [2.05, 4.69) is 21.2 Å². The quantitative estimate of drug-likeness (QED) is 0.771. The highest BCUT2D eigenvalue weighted by molar-refractivity contribution is 9.10. The van der Waals surface area contributed by atoms with Crippen LogP contribution >= 0.6 is 27.3 Å². The van der Waals surface area contributed by atoms with Crippen LogP contribution in [0.2, 0.25) is 0 Å². The summed E-state index contributed by atoms with van der Waals surface area (Å²) >= 11 is 4.52. The number of aliphatic carboxylic acids is 2. The van der Waals surface area contributed by atoms with Crippen LogP contribution in [0.4, 0.5) is 5.00 Å². The molecule has 0 aliphatic heterocycles. The van der Waals surface area contributed by atoms with Gasteiger partial charge in [0.2, 0.25) is 0 Å². The van der Waals surface area contributed by atoms with E-state index in [0.717, 1.165) is 4.47 Å². The third-order valence-corrected chi connectivity index (χ3v) is 3.18. The van der Waals surface area contributed by atoms with Gasteiger partial charge in [-0.1, -0.05) is 0 Å². The van der Waals surface area contributed by atoms with Crippen molar-refractivity contribution in [2.75, 3.05) is 5.32 Å². The third-order valence-electron chi connectivity index (χ3n) is 1.56. The zero-order valence-electron chi connectivity index (χ0n) is 7.44. The van der Waals surface area contributed by atoms with Gasteiger partial charge in [0.1, 0.15) is 6.04 Å². The van der Waals surface area contributed by atoms with Gasteiger partial charge in [-0.3, -0.25) is 4.79 Å². The monoisotopic (exact) mass is 293 g/mol. The lowest BCUT2D eigenvalue weighted by atomic mass is 10.2. The molecule has 1 heterocycles. The van der Waals surface area contributed by atoms with E-state index >= 15 is 0 Å². The molecule has 1 atom stereocenters. The molecule has 0 aliphatic carbocycles. The summed E-state index contributed by atoms with van der Waals surface area (Å²) in [6.45, 7) is 0. The van der Waals surface area contributed by atoms with Crippen molar-refractivity contribution in [1.29, 1.82) is 0 Å². The van der Waals surface area contributed by atoms with Crippen LogP contribution in [0.3, 0.4) is 0 Å². The van der Waals surface area contributed by atoms with Gasteiger partial charge in [0, 0.05) is 9.85 Å². The van der Waals surface area contributed by atoms with E-state index in [1.807, 2.05) is 0 Å². The number of anilines is 1. The minimum Gasteiger partial charge on any atom is -0.481 e. The van der Waals surface area contributed by atoms with Crippen LogP contribution < -0.4 is 5.32 Å². The van der Waals surface area contributed by atoms with Crippen LogP contribution in [-0.2, 0) is 9.59 Å². The van der Waals surface area contributed by atoms with E-state index in [9.17, 15) is 9.59 Å². The van der Waals surface area contributed by atoms with Crippen LogP contribution in [0, 0.1) is 0 Å². The summed E-state index contributed by atoms with van der Waals surface area (Å²) in [5.41, 5.74) is 0. The van der Waals surface area contributed by atoms with Crippen molar-refractivity contribution in [3.05, 3.63) is 15.9 Å². The number of hydrogen-bond acceptors (Lipinski definition) is 4. The van der Waals surface area contributed by atoms with Gasteiger partial charge in [-0.2, -0.15) is 0 Å². The molecule has 0 spiro atoms.